The summed E-state index contributed by atoms with van der Waals surface area (Å²) in [6, 6.07) is 5.61. The van der Waals surface area contributed by atoms with Gasteiger partial charge in [0.25, 0.3) is 0 Å². The molecule has 0 aliphatic carbocycles. The van der Waals surface area contributed by atoms with Crippen LogP contribution in [0.25, 0.3) is 0 Å². The van der Waals surface area contributed by atoms with Crippen molar-refractivity contribution >= 4 is 5.97 Å². The maximum atomic E-state index is 12.2. The van der Waals surface area contributed by atoms with E-state index in [4.69, 9.17) is 10.8 Å². The number of carboxylic acid groups (broad SMARTS) is 1. The summed E-state index contributed by atoms with van der Waals surface area (Å²) in [5.74, 6) is -2.22. The fourth-order valence-electron chi connectivity index (χ4n) is 2.15. The third kappa shape index (κ3) is 5.63. The van der Waals surface area contributed by atoms with Crippen molar-refractivity contribution in [3.63, 3.8) is 0 Å². The zero-order chi connectivity index (χ0) is 16.0. The molecule has 0 spiro atoms. The van der Waals surface area contributed by atoms with Gasteiger partial charge in [-0.15, -0.1) is 13.2 Å². The van der Waals surface area contributed by atoms with Crippen molar-refractivity contribution in [3.8, 4) is 5.75 Å². The fourth-order valence-corrected chi connectivity index (χ4v) is 2.15. The molecule has 7 heteroatoms. The Morgan fingerprint density at radius 2 is 2.10 bits per heavy atom. The molecule has 0 saturated carbocycles. The Morgan fingerprint density at radius 1 is 1.43 bits per heavy atom. The maximum Gasteiger partial charge on any atom is 0.573 e. The summed E-state index contributed by atoms with van der Waals surface area (Å²) in [6.07, 6.45) is -3.88. The predicted octanol–water partition coefficient (Wildman–Crippen LogP) is 3.13. The summed E-state index contributed by atoms with van der Waals surface area (Å²) in [5, 5.41) is 9.02. The number of hydrogen-bond donors (Lipinski definition) is 2. The Labute approximate surface area is 120 Å². The topological polar surface area (TPSA) is 72.6 Å². The van der Waals surface area contributed by atoms with E-state index in [1.165, 1.54) is 18.2 Å². The van der Waals surface area contributed by atoms with Crippen molar-refractivity contribution in [3.05, 3.63) is 29.8 Å². The lowest BCUT2D eigenvalue weighted by Gasteiger charge is -2.20. The van der Waals surface area contributed by atoms with E-state index >= 15 is 0 Å². The highest BCUT2D eigenvalue weighted by molar-refractivity contribution is 5.70. The van der Waals surface area contributed by atoms with Gasteiger partial charge >= 0.3 is 12.3 Å². The fraction of sp³-hybridized carbons (Fsp3) is 0.500. The molecule has 0 fully saturated rings. The van der Waals surface area contributed by atoms with Gasteiger partial charge in [-0.25, -0.2) is 0 Å². The number of carboxylic acids is 1. The summed E-state index contributed by atoms with van der Waals surface area (Å²) in [4.78, 5) is 11.0. The van der Waals surface area contributed by atoms with Crippen molar-refractivity contribution in [2.45, 2.75) is 32.0 Å². The molecule has 1 rings (SSSR count). The lowest BCUT2D eigenvalue weighted by molar-refractivity contribution is -0.274. The lowest BCUT2D eigenvalue weighted by Crippen LogP contribution is -2.25. The van der Waals surface area contributed by atoms with Crippen LogP contribution in [0.3, 0.4) is 0 Å². The van der Waals surface area contributed by atoms with Crippen LogP contribution in [0.4, 0.5) is 13.2 Å². The quantitative estimate of drug-likeness (QED) is 0.812. The number of nitrogens with two attached hydrogens (primary N) is 1. The average molecular weight is 305 g/mol. The molecule has 0 aromatic heterocycles. The van der Waals surface area contributed by atoms with Crippen LogP contribution in [0.5, 0.6) is 5.75 Å². The Balaban J connectivity index is 2.90. The first-order chi connectivity index (χ1) is 9.76. The van der Waals surface area contributed by atoms with Gasteiger partial charge in [-0.1, -0.05) is 19.1 Å². The standard InChI is InChI=1S/C14H18F3NO3/c1-2-9(6-11(8-18)13(19)20)10-4-3-5-12(7-10)21-14(15,16)17/h3-5,7,9,11H,2,6,8,18H2,1H3,(H,19,20). The molecule has 0 heterocycles. The minimum Gasteiger partial charge on any atom is -0.481 e. The molecular formula is C14H18F3NO3. The Hall–Kier alpha value is -1.76. The van der Waals surface area contributed by atoms with Gasteiger partial charge in [0.15, 0.2) is 0 Å². The molecule has 3 N–H and O–H groups in total. The molecule has 1 aromatic carbocycles. The summed E-state index contributed by atoms with van der Waals surface area (Å²) >= 11 is 0. The zero-order valence-electron chi connectivity index (χ0n) is 11.6. The number of carbonyl (C=O) groups is 1. The number of benzene rings is 1. The van der Waals surface area contributed by atoms with E-state index in [2.05, 4.69) is 4.74 Å². The molecule has 0 aliphatic heterocycles. The summed E-state index contributed by atoms with van der Waals surface area (Å²) in [6.45, 7) is 1.84. The number of alkyl halides is 3. The third-order valence-electron chi connectivity index (χ3n) is 3.26. The first-order valence-electron chi connectivity index (χ1n) is 6.55. The molecule has 118 valence electrons. The van der Waals surface area contributed by atoms with E-state index < -0.39 is 18.2 Å². The molecule has 21 heavy (non-hydrogen) atoms. The van der Waals surface area contributed by atoms with Gasteiger partial charge in [-0.05, 0) is 36.5 Å². The van der Waals surface area contributed by atoms with E-state index in [1.54, 1.807) is 6.07 Å². The Kier molecular flexibility index (Phi) is 6.02. The van der Waals surface area contributed by atoms with Crippen LogP contribution >= 0.6 is 0 Å². The minimum atomic E-state index is -4.75. The van der Waals surface area contributed by atoms with Crippen LogP contribution in [-0.4, -0.2) is 24.0 Å². The molecule has 1 aromatic rings. The Morgan fingerprint density at radius 3 is 2.57 bits per heavy atom. The van der Waals surface area contributed by atoms with Crippen molar-refractivity contribution in [2.75, 3.05) is 6.54 Å². The monoisotopic (exact) mass is 305 g/mol. The number of ether oxygens (including phenoxy) is 1. The molecule has 4 nitrogen and oxygen atoms in total. The van der Waals surface area contributed by atoms with Gasteiger partial charge < -0.3 is 15.6 Å². The van der Waals surface area contributed by atoms with Crippen LogP contribution in [-0.2, 0) is 4.79 Å². The van der Waals surface area contributed by atoms with Crippen molar-refractivity contribution in [2.24, 2.45) is 11.7 Å². The van der Waals surface area contributed by atoms with Crippen LogP contribution in [0.1, 0.15) is 31.2 Å². The van der Waals surface area contributed by atoms with Crippen molar-refractivity contribution < 1.29 is 27.8 Å². The molecule has 0 radical (unpaired) electrons. The van der Waals surface area contributed by atoms with Gasteiger partial charge in [0.2, 0.25) is 0 Å². The smallest absolute Gasteiger partial charge is 0.481 e. The largest absolute Gasteiger partial charge is 0.573 e. The van der Waals surface area contributed by atoms with Crippen LogP contribution in [0, 0.1) is 5.92 Å². The van der Waals surface area contributed by atoms with Crippen LogP contribution in [0.15, 0.2) is 24.3 Å². The zero-order valence-corrected chi connectivity index (χ0v) is 11.6. The molecule has 2 atom stereocenters. The van der Waals surface area contributed by atoms with Gasteiger partial charge in [0.1, 0.15) is 5.75 Å². The number of halogens is 3. The highest BCUT2D eigenvalue weighted by Crippen LogP contribution is 2.31. The minimum absolute atomic E-state index is 0.00935. The molecule has 0 amide bonds. The van der Waals surface area contributed by atoms with E-state index in [0.717, 1.165) is 0 Å². The third-order valence-corrected chi connectivity index (χ3v) is 3.26. The first-order valence-corrected chi connectivity index (χ1v) is 6.55. The number of rotatable bonds is 7. The van der Waals surface area contributed by atoms with Gasteiger partial charge in [-0.2, -0.15) is 0 Å². The molecule has 2 unspecified atom stereocenters. The molecule has 0 saturated heterocycles. The highest BCUT2D eigenvalue weighted by Gasteiger charge is 2.31. The first kappa shape index (κ1) is 17.3. The SMILES string of the molecule is CCC(CC(CN)C(=O)O)c1cccc(OC(F)(F)F)c1. The summed E-state index contributed by atoms with van der Waals surface area (Å²) < 4.78 is 40.5. The highest BCUT2D eigenvalue weighted by atomic mass is 19.4. The van der Waals surface area contributed by atoms with Gasteiger partial charge in [0.05, 0.1) is 5.92 Å². The molecule has 0 bridgehead atoms. The van der Waals surface area contributed by atoms with E-state index in [0.29, 0.717) is 12.0 Å². The second-order valence-corrected chi connectivity index (χ2v) is 4.73. The number of aliphatic carboxylic acids is 1. The average Bonchev–Trinajstić information content (AvgIpc) is 2.38. The summed E-state index contributed by atoms with van der Waals surface area (Å²) in [7, 11) is 0. The Bertz CT molecular complexity index is 477. The van der Waals surface area contributed by atoms with E-state index in [-0.39, 0.29) is 24.6 Å². The maximum absolute atomic E-state index is 12.2. The van der Waals surface area contributed by atoms with Crippen molar-refractivity contribution in [1.29, 1.82) is 0 Å². The van der Waals surface area contributed by atoms with Crippen LogP contribution in [0.2, 0.25) is 0 Å². The number of hydrogen-bond acceptors (Lipinski definition) is 3. The normalized spacial score (nSPS) is 14.5. The van der Waals surface area contributed by atoms with E-state index in [1.807, 2.05) is 6.92 Å². The molecule has 0 aliphatic rings. The molecular weight excluding hydrogens is 287 g/mol. The predicted molar refractivity (Wildman–Crippen MR) is 71.0 cm³/mol. The van der Waals surface area contributed by atoms with E-state index in [9.17, 15) is 18.0 Å². The lowest BCUT2D eigenvalue weighted by atomic mass is 9.87. The van der Waals surface area contributed by atoms with Gasteiger partial charge in [-0.3, -0.25) is 4.79 Å². The second kappa shape index (κ2) is 7.31. The van der Waals surface area contributed by atoms with Crippen molar-refractivity contribution in [1.82, 2.24) is 0 Å². The summed E-state index contributed by atoms with van der Waals surface area (Å²) in [5.41, 5.74) is 6.02. The van der Waals surface area contributed by atoms with Crippen LogP contribution < -0.4 is 10.5 Å². The van der Waals surface area contributed by atoms with Gasteiger partial charge in [0, 0.05) is 6.54 Å². The second-order valence-electron chi connectivity index (χ2n) is 4.73.